The summed E-state index contributed by atoms with van der Waals surface area (Å²) in [6.07, 6.45) is 2.60. The average molecular weight is 284 g/mol. The summed E-state index contributed by atoms with van der Waals surface area (Å²) < 4.78 is 0. The number of likely N-dealkylation sites (tertiary alicyclic amines) is 1. The molecule has 0 aromatic heterocycles. The van der Waals surface area contributed by atoms with Gasteiger partial charge in [-0.3, -0.25) is 4.90 Å². The quantitative estimate of drug-likeness (QED) is 0.893. The number of urea groups is 1. The first kappa shape index (κ1) is 13.9. The van der Waals surface area contributed by atoms with Gasteiger partial charge in [-0.1, -0.05) is 6.92 Å². The highest BCUT2D eigenvalue weighted by Gasteiger charge is 2.38. The second-order valence-electron chi connectivity index (χ2n) is 6.06. The second-order valence-corrected chi connectivity index (χ2v) is 6.06. The lowest BCUT2D eigenvalue weighted by molar-refractivity contribution is 0.246. The van der Waals surface area contributed by atoms with Crippen molar-refractivity contribution < 1.29 is 4.79 Å². The molecule has 5 heteroatoms. The Morgan fingerprint density at radius 1 is 1.29 bits per heavy atom. The molecule has 2 aliphatic rings. The number of nitrogens with zero attached hydrogens (tertiary/aromatic N) is 2. The molecule has 1 heterocycles. The van der Waals surface area contributed by atoms with E-state index < -0.39 is 0 Å². The van der Waals surface area contributed by atoms with Crippen LogP contribution in [0.25, 0.3) is 0 Å². The fourth-order valence-corrected chi connectivity index (χ4v) is 2.89. The van der Waals surface area contributed by atoms with Crippen molar-refractivity contribution in [2.45, 2.75) is 31.8 Å². The highest BCUT2D eigenvalue weighted by molar-refractivity contribution is 5.89. The number of hydrogen-bond donors (Lipinski definition) is 2. The van der Waals surface area contributed by atoms with Crippen molar-refractivity contribution in [3.05, 3.63) is 29.8 Å². The van der Waals surface area contributed by atoms with Gasteiger partial charge in [-0.2, -0.15) is 5.26 Å². The van der Waals surface area contributed by atoms with Gasteiger partial charge in [0.15, 0.2) is 0 Å². The predicted molar refractivity (Wildman–Crippen MR) is 80.9 cm³/mol. The molecule has 2 N–H and O–H groups in total. The van der Waals surface area contributed by atoms with Gasteiger partial charge in [0.1, 0.15) is 0 Å². The van der Waals surface area contributed by atoms with E-state index in [4.69, 9.17) is 5.26 Å². The second kappa shape index (κ2) is 5.74. The molecule has 0 bridgehead atoms. The van der Waals surface area contributed by atoms with Gasteiger partial charge >= 0.3 is 6.03 Å². The largest absolute Gasteiger partial charge is 0.334 e. The molecule has 1 aliphatic heterocycles. The zero-order valence-electron chi connectivity index (χ0n) is 12.2. The molecule has 1 aromatic carbocycles. The normalized spacial score (nSPS) is 25.3. The van der Waals surface area contributed by atoms with Crippen LogP contribution in [-0.4, -0.2) is 36.1 Å². The van der Waals surface area contributed by atoms with Gasteiger partial charge in [-0.15, -0.1) is 0 Å². The van der Waals surface area contributed by atoms with Crippen molar-refractivity contribution in [2.24, 2.45) is 5.92 Å². The lowest BCUT2D eigenvalue weighted by Crippen LogP contribution is -2.42. The zero-order chi connectivity index (χ0) is 14.8. The molecule has 5 nitrogen and oxygen atoms in total. The number of nitrogens with one attached hydrogen (secondary N) is 2. The van der Waals surface area contributed by atoms with Gasteiger partial charge in [0, 0.05) is 30.9 Å². The first-order chi connectivity index (χ1) is 10.2. The maximum Gasteiger partial charge on any atom is 0.319 e. The Labute approximate surface area is 124 Å². The van der Waals surface area contributed by atoms with Gasteiger partial charge in [0.2, 0.25) is 0 Å². The van der Waals surface area contributed by atoms with Crippen molar-refractivity contribution in [2.75, 3.05) is 18.4 Å². The molecule has 2 amide bonds. The van der Waals surface area contributed by atoms with Gasteiger partial charge in [-0.25, -0.2) is 4.79 Å². The van der Waals surface area contributed by atoms with E-state index in [0.29, 0.717) is 17.2 Å². The number of anilines is 1. The van der Waals surface area contributed by atoms with Crippen molar-refractivity contribution in [3.8, 4) is 6.07 Å². The van der Waals surface area contributed by atoms with Crippen LogP contribution in [0.4, 0.5) is 10.5 Å². The highest BCUT2D eigenvalue weighted by atomic mass is 16.2. The number of hydrogen-bond acceptors (Lipinski definition) is 3. The van der Waals surface area contributed by atoms with Gasteiger partial charge < -0.3 is 10.6 Å². The number of nitriles is 1. The highest BCUT2D eigenvalue weighted by Crippen LogP contribution is 2.31. The minimum atomic E-state index is -0.172. The van der Waals surface area contributed by atoms with Crippen molar-refractivity contribution in [3.63, 3.8) is 0 Å². The van der Waals surface area contributed by atoms with E-state index in [2.05, 4.69) is 28.5 Å². The number of rotatable bonds is 3. The van der Waals surface area contributed by atoms with E-state index in [9.17, 15) is 4.79 Å². The molecule has 1 aliphatic carbocycles. The number of amides is 2. The monoisotopic (exact) mass is 284 g/mol. The summed E-state index contributed by atoms with van der Waals surface area (Å²) in [5.74, 6) is 0.484. The Bertz CT molecular complexity index is 559. The third-order valence-electron chi connectivity index (χ3n) is 4.29. The van der Waals surface area contributed by atoms with E-state index >= 15 is 0 Å². The first-order valence-corrected chi connectivity index (χ1v) is 7.47. The Kier molecular flexibility index (Phi) is 3.80. The van der Waals surface area contributed by atoms with Crippen LogP contribution in [0.15, 0.2) is 24.3 Å². The summed E-state index contributed by atoms with van der Waals surface area (Å²) in [4.78, 5) is 14.5. The standard InChI is InChI=1S/C16H20N4O/c1-11-9-20(14-6-7-14)10-15(11)19-16(21)18-13-4-2-12(8-17)3-5-13/h2-5,11,14-15H,6-7,9-10H2,1H3,(H2,18,19,21)/t11-,15-/m1/s1. The topological polar surface area (TPSA) is 68.2 Å². The minimum Gasteiger partial charge on any atom is -0.334 e. The minimum absolute atomic E-state index is 0.172. The zero-order valence-corrected chi connectivity index (χ0v) is 12.2. The van der Waals surface area contributed by atoms with Crippen molar-refractivity contribution in [1.82, 2.24) is 10.2 Å². The van der Waals surface area contributed by atoms with Crippen LogP contribution in [0.2, 0.25) is 0 Å². The molecule has 3 rings (SSSR count). The van der Waals surface area contributed by atoms with E-state index in [1.54, 1.807) is 24.3 Å². The van der Waals surface area contributed by atoms with Crippen molar-refractivity contribution >= 4 is 11.7 Å². The molecule has 0 radical (unpaired) electrons. The Hall–Kier alpha value is -2.06. The molecule has 1 saturated carbocycles. The summed E-state index contributed by atoms with van der Waals surface area (Å²) in [6, 6.07) is 9.73. The van der Waals surface area contributed by atoms with Crippen LogP contribution in [0.1, 0.15) is 25.3 Å². The molecule has 1 aromatic rings. The number of carbonyl (C=O) groups is 1. The molecule has 0 spiro atoms. The van der Waals surface area contributed by atoms with E-state index in [0.717, 1.165) is 19.1 Å². The molecule has 110 valence electrons. The van der Waals surface area contributed by atoms with E-state index in [-0.39, 0.29) is 12.1 Å². The van der Waals surface area contributed by atoms with Crippen LogP contribution in [-0.2, 0) is 0 Å². The average Bonchev–Trinajstić information content (AvgIpc) is 3.26. The SMILES string of the molecule is C[C@@H]1CN(C2CC2)C[C@H]1NC(=O)Nc1ccc(C#N)cc1. The maximum atomic E-state index is 12.1. The molecular formula is C16H20N4O. The Balaban J connectivity index is 1.52. The fraction of sp³-hybridized carbons (Fsp3) is 0.500. The smallest absolute Gasteiger partial charge is 0.319 e. The van der Waals surface area contributed by atoms with Crippen LogP contribution < -0.4 is 10.6 Å². The number of carbonyl (C=O) groups excluding carboxylic acids is 1. The number of benzene rings is 1. The summed E-state index contributed by atoms with van der Waals surface area (Å²) in [5.41, 5.74) is 1.29. The maximum absolute atomic E-state index is 12.1. The lowest BCUT2D eigenvalue weighted by Gasteiger charge is -2.17. The predicted octanol–water partition coefficient (Wildman–Crippen LogP) is 2.16. The van der Waals surface area contributed by atoms with Crippen molar-refractivity contribution in [1.29, 1.82) is 5.26 Å². The molecule has 2 fully saturated rings. The third-order valence-corrected chi connectivity index (χ3v) is 4.29. The molecule has 0 unspecified atom stereocenters. The molecule has 1 saturated heterocycles. The summed E-state index contributed by atoms with van der Waals surface area (Å²) in [7, 11) is 0. The third kappa shape index (κ3) is 3.34. The Morgan fingerprint density at radius 2 is 2.00 bits per heavy atom. The summed E-state index contributed by atoms with van der Waals surface area (Å²) in [6.45, 7) is 4.22. The summed E-state index contributed by atoms with van der Waals surface area (Å²) in [5, 5.41) is 14.6. The van der Waals surface area contributed by atoms with Crippen LogP contribution >= 0.6 is 0 Å². The fourth-order valence-electron chi connectivity index (χ4n) is 2.89. The van der Waals surface area contributed by atoms with Crippen LogP contribution in [0, 0.1) is 17.2 Å². The van der Waals surface area contributed by atoms with E-state index in [1.807, 2.05) is 0 Å². The van der Waals surface area contributed by atoms with Gasteiger partial charge in [-0.05, 0) is 43.0 Å². The lowest BCUT2D eigenvalue weighted by atomic mass is 10.1. The molecular weight excluding hydrogens is 264 g/mol. The van der Waals surface area contributed by atoms with Gasteiger partial charge in [0.25, 0.3) is 0 Å². The van der Waals surface area contributed by atoms with E-state index in [1.165, 1.54) is 12.8 Å². The summed E-state index contributed by atoms with van der Waals surface area (Å²) >= 11 is 0. The molecule has 2 atom stereocenters. The Morgan fingerprint density at radius 3 is 2.62 bits per heavy atom. The van der Waals surface area contributed by atoms with Crippen LogP contribution in [0.5, 0.6) is 0 Å². The van der Waals surface area contributed by atoms with Gasteiger partial charge in [0.05, 0.1) is 11.6 Å². The first-order valence-electron chi connectivity index (χ1n) is 7.47. The van der Waals surface area contributed by atoms with Crippen LogP contribution in [0.3, 0.4) is 0 Å². The molecule has 21 heavy (non-hydrogen) atoms.